The van der Waals surface area contributed by atoms with Gasteiger partial charge in [-0.3, -0.25) is 0 Å². The summed E-state index contributed by atoms with van der Waals surface area (Å²) in [5, 5.41) is 1.90. The third kappa shape index (κ3) is 3.63. The number of rotatable bonds is 1. The van der Waals surface area contributed by atoms with Crippen molar-refractivity contribution in [2.75, 3.05) is 0 Å². The fourth-order valence-electron chi connectivity index (χ4n) is 3.79. The number of hydrogen-bond acceptors (Lipinski definition) is 3. The number of hydroxylamine groups is 2. The minimum absolute atomic E-state index is 0.0562. The zero-order valence-corrected chi connectivity index (χ0v) is 16.3. The fourth-order valence-corrected chi connectivity index (χ4v) is 3.79. The quantitative estimate of drug-likeness (QED) is 0.635. The third-order valence-corrected chi connectivity index (χ3v) is 4.84. The number of fused-ring (bicyclic) bond motifs is 3. The van der Waals surface area contributed by atoms with E-state index in [2.05, 4.69) is 50.3 Å². The van der Waals surface area contributed by atoms with Crippen molar-refractivity contribution >= 4 is 5.57 Å². The second kappa shape index (κ2) is 6.99. The molecule has 0 N–H and O–H groups in total. The molecule has 0 spiro atoms. The van der Waals surface area contributed by atoms with Crippen LogP contribution in [0.1, 0.15) is 42.1 Å². The van der Waals surface area contributed by atoms with E-state index in [1.165, 1.54) is 22.3 Å². The summed E-state index contributed by atoms with van der Waals surface area (Å²) in [6, 6.07) is 14.8. The van der Waals surface area contributed by atoms with E-state index in [1.807, 2.05) is 49.4 Å². The molecule has 0 fully saturated rings. The van der Waals surface area contributed by atoms with E-state index in [9.17, 15) is 0 Å². The standard InChI is InChI=1S/C24H25NO2/c1-16-11-17(2)13-21(12-16)20-9-10-25-23(15-20)22-7-5-6-8-24(22)26-18(3)14-19(4)27-25/h5-15,18,23H,1-4H3/b19-14-. The second-order valence-corrected chi connectivity index (χ2v) is 7.35. The lowest BCUT2D eigenvalue weighted by Crippen LogP contribution is -2.24. The van der Waals surface area contributed by atoms with Crippen LogP contribution in [0.15, 0.2) is 72.7 Å². The lowest BCUT2D eigenvalue weighted by atomic mass is 9.94. The summed E-state index contributed by atoms with van der Waals surface area (Å²) in [5.41, 5.74) is 6.05. The van der Waals surface area contributed by atoms with Gasteiger partial charge in [-0.25, -0.2) is 5.06 Å². The smallest absolute Gasteiger partial charge is 0.129 e. The highest BCUT2D eigenvalue weighted by atomic mass is 16.7. The largest absolute Gasteiger partial charge is 0.486 e. The molecular weight excluding hydrogens is 334 g/mol. The zero-order valence-electron chi connectivity index (χ0n) is 16.3. The maximum Gasteiger partial charge on any atom is 0.129 e. The monoisotopic (exact) mass is 359 g/mol. The Balaban J connectivity index is 1.82. The average Bonchev–Trinajstić information content (AvgIpc) is 2.66. The van der Waals surface area contributed by atoms with Crippen molar-refractivity contribution in [3.8, 4) is 5.75 Å². The van der Waals surface area contributed by atoms with Gasteiger partial charge in [0.05, 0.1) is 0 Å². The molecule has 3 nitrogen and oxygen atoms in total. The highest BCUT2D eigenvalue weighted by molar-refractivity contribution is 5.76. The van der Waals surface area contributed by atoms with Crippen LogP contribution >= 0.6 is 0 Å². The lowest BCUT2D eigenvalue weighted by molar-refractivity contribution is -0.0976. The lowest BCUT2D eigenvalue weighted by Gasteiger charge is -2.31. The highest BCUT2D eigenvalue weighted by Gasteiger charge is 2.26. The van der Waals surface area contributed by atoms with Crippen LogP contribution < -0.4 is 4.74 Å². The van der Waals surface area contributed by atoms with E-state index in [0.717, 1.165) is 17.1 Å². The first kappa shape index (κ1) is 17.5. The van der Waals surface area contributed by atoms with Crippen molar-refractivity contribution in [3.63, 3.8) is 0 Å². The molecule has 0 radical (unpaired) electrons. The molecule has 3 heteroatoms. The van der Waals surface area contributed by atoms with E-state index >= 15 is 0 Å². The number of hydrogen-bond donors (Lipinski definition) is 0. The van der Waals surface area contributed by atoms with Crippen LogP contribution in [0.5, 0.6) is 5.75 Å². The topological polar surface area (TPSA) is 21.7 Å². The summed E-state index contributed by atoms with van der Waals surface area (Å²) < 4.78 is 6.18. The second-order valence-electron chi connectivity index (χ2n) is 7.35. The summed E-state index contributed by atoms with van der Waals surface area (Å²) >= 11 is 0. The predicted octanol–water partition coefficient (Wildman–Crippen LogP) is 5.87. The Morgan fingerprint density at radius 2 is 1.67 bits per heavy atom. The molecule has 27 heavy (non-hydrogen) atoms. The molecule has 2 aromatic rings. The molecule has 0 bridgehead atoms. The molecule has 4 rings (SSSR count). The maximum absolute atomic E-state index is 6.18. The number of nitrogens with zero attached hydrogens (tertiary/aromatic N) is 1. The molecule has 0 saturated heterocycles. The van der Waals surface area contributed by atoms with Gasteiger partial charge in [0.25, 0.3) is 0 Å². The normalized spacial score (nSPS) is 23.3. The van der Waals surface area contributed by atoms with Crippen molar-refractivity contribution in [1.29, 1.82) is 0 Å². The molecule has 0 saturated carbocycles. The number of ether oxygens (including phenoxy) is 1. The predicted molar refractivity (Wildman–Crippen MR) is 109 cm³/mol. The van der Waals surface area contributed by atoms with Crippen molar-refractivity contribution in [2.45, 2.75) is 39.8 Å². The van der Waals surface area contributed by atoms with Gasteiger partial charge in [-0.1, -0.05) is 47.5 Å². The number of aryl methyl sites for hydroxylation is 2. The van der Waals surface area contributed by atoms with Gasteiger partial charge in [-0.15, -0.1) is 0 Å². The highest BCUT2D eigenvalue weighted by Crippen LogP contribution is 2.38. The van der Waals surface area contributed by atoms with E-state index < -0.39 is 0 Å². The summed E-state index contributed by atoms with van der Waals surface area (Å²) in [7, 11) is 0. The van der Waals surface area contributed by atoms with Crippen molar-refractivity contribution in [1.82, 2.24) is 5.06 Å². The number of allylic oxidation sites excluding steroid dienone is 3. The summed E-state index contributed by atoms with van der Waals surface area (Å²) in [6.07, 6.45) is 8.32. The maximum atomic E-state index is 6.18. The third-order valence-electron chi connectivity index (χ3n) is 4.84. The minimum atomic E-state index is -0.0596. The summed E-state index contributed by atoms with van der Waals surface area (Å²) in [5.74, 6) is 1.72. The summed E-state index contributed by atoms with van der Waals surface area (Å²) in [4.78, 5) is 6.12. The number of benzene rings is 2. The van der Waals surface area contributed by atoms with Crippen LogP contribution in [0.25, 0.3) is 5.57 Å². The Hall–Kier alpha value is -2.94. The van der Waals surface area contributed by atoms with E-state index in [4.69, 9.17) is 9.57 Å². The molecular formula is C24H25NO2. The first-order chi connectivity index (χ1) is 13.0. The van der Waals surface area contributed by atoms with Crippen molar-refractivity contribution < 1.29 is 9.57 Å². The van der Waals surface area contributed by atoms with Gasteiger partial charge in [0.2, 0.25) is 0 Å². The van der Waals surface area contributed by atoms with Crippen LogP contribution in [0.4, 0.5) is 0 Å². The van der Waals surface area contributed by atoms with Gasteiger partial charge in [0.15, 0.2) is 0 Å². The Kier molecular flexibility index (Phi) is 4.53. The molecule has 2 aromatic carbocycles. The van der Waals surface area contributed by atoms with Gasteiger partial charge in [-0.2, -0.15) is 0 Å². The molecule has 2 unspecified atom stereocenters. The number of para-hydroxylation sites is 1. The average molecular weight is 359 g/mol. The van der Waals surface area contributed by atoms with Crippen LogP contribution in [0.3, 0.4) is 0 Å². The van der Waals surface area contributed by atoms with E-state index in [1.54, 1.807) is 0 Å². The fraction of sp³-hybridized carbons (Fsp3) is 0.250. The van der Waals surface area contributed by atoms with Crippen molar-refractivity contribution in [3.05, 3.63) is 94.9 Å². The van der Waals surface area contributed by atoms with Gasteiger partial charge in [0, 0.05) is 11.8 Å². The van der Waals surface area contributed by atoms with Crippen molar-refractivity contribution in [2.24, 2.45) is 0 Å². The molecule has 2 aliphatic rings. The molecule has 138 valence electrons. The first-order valence-electron chi connectivity index (χ1n) is 9.38. The Morgan fingerprint density at radius 3 is 2.44 bits per heavy atom. The van der Waals surface area contributed by atoms with Gasteiger partial charge in [0.1, 0.15) is 23.7 Å². The molecule has 2 atom stereocenters. The Morgan fingerprint density at radius 1 is 0.926 bits per heavy atom. The van der Waals surface area contributed by atoms with E-state index in [-0.39, 0.29) is 12.1 Å². The van der Waals surface area contributed by atoms with Gasteiger partial charge < -0.3 is 9.57 Å². The zero-order chi connectivity index (χ0) is 19.0. The first-order valence-corrected chi connectivity index (χ1v) is 9.38. The molecule has 2 heterocycles. The van der Waals surface area contributed by atoms with Gasteiger partial charge in [-0.05, 0) is 63.1 Å². The van der Waals surface area contributed by atoms with Gasteiger partial charge >= 0.3 is 0 Å². The van der Waals surface area contributed by atoms with Crippen LogP contribution in [-0.2, 0) is 4.84 Å². The molecule has 0 aromatic heterocycles. The van der Waals surface area contributed by atoms with Crippen LogP contribution in [0, 0.1) is 13.8 Å². The molecule has 0 amide bonds. The van der Waals surface area contributed by atoms with E-state index in [0.29, 0.717) is 0 Å². The molecule has 0 aliphatic carbocycles. The molecule has 2 aliphatic heterocycles. The van der Waals surface area contributed by atoms with Crippen LogP contribution in [0.2, 0.25) is 0 Å². The summed E-state index contributed by atoms with van der Waals surface area (Å²) in [6.45, 7) is 8.26. The van der Waals surface area contributed by atoms with Crippen LogP contribution in [-0.4, -0.2) is 11.2 Å². The SMILES string of the molecule is C/C1=C/C(C)Oc2ccccc2C2C=C(c3cc(C)cc(C)c3)C=CN2O1. The Bertz CT molecular complexity index is 934. The minimum Gasteiger partial charge on any atom is -0.486 e. The Labute approximate surface area is 161 Å².